The Hall–Kier alpha value is 0.150. The van der Waals surface area contributed by atoms with Crippen LogP contribution < -0.4 is 4.72 Å². The number of nitrogens with zero attached hydrogens (tertiary/aromatic N) is 1. The van der Waals surface area contributed by atoms with E-state index in [0.29, 0.717) is 11.0 Å². The molecule has 8 heteroatoms. The molecule has 1 unspecified atom stereocenters. The first-order chi connectivity index (χ1) is 9.81. The third-order valence-electron chi connectivity index (χ3n) is 3.66. The van der Waals surface area contributed by atoms with Gasteiger partial charge in [0.2, 0.25) is 10.0 Å². The predicted molar refractivity (Wildman–Crippen MR) is 89.6 cm³/mol. The van der Waals surface area contributed by atoms with Gasteiger partial charge in [-0.3, -0.25) is 0 Å². The van der Waals surface area contributed by atoms with E-state index in [1.54, 1.807) is 0 Å². The molecule has 0 saturated carbocycles. The summed E-state index contributed by atoms with van der Waals surface area (Å²) in [7, 11) is -1.71. The molecule has 0 bridgehead atoms. The van der Waals surface area contributed by atoms with Crippen LogP contribution >= 0.6 is 39.1 Å². The molecule has 4 nitrogen and oxygen atoms in total. The first kappa shape index (κ1) is 17.5. The summed E-state index contributed by atoms with van der Waals surface area (Å²) in [6.07, 6.45) is 3.27. The maximum Gasteiger partial charge on any atom is 0.243 e. The van der Waals surface area contributed by atoms with Gasteiger partial charge in [0.1, 0.15) is 4.90 Å². The maximum absolute atomic E-state index is 12.4. The summed E-state index contributed by atoms with van der Waals surface area (Å²) in [6.45, 7) is 1.35. The Morgan fingerprint density at radius 2 is 1.95 bits per heavy atom. The van der Waals surface area contributed by atoms with Crippen molar-refractivity contribution in [2.24, 2.45) is 0 Å². The highest BCUT2D eigenvalue weighted by molar-refractivity contribution is 9.10. The number of sulfonamides is 1. The Bertz CT molecular complexity index is 602. The molecular formula is C13H17BrCl2N2O2S. The van der Waals surface area contributed by atoms with E-state index in [1.165, 1.54) is 12.1 Å². The van der Waals surface area contributed by atoms with Crippen LogP contribution in [0.5, 0.6) is 0 Å². The summed E-state index contributed by atoms with van der Waals surface area (Å²) >= 11 is 15.3. The zero-order chi connectivity index (χ0) is 15.6. The topological polar surface area (TPSA) is 49.4 Å². The molecule has 21 heavy (non-hydrogen) atoms. The first-order valence-corrected chi connectivity index (χ1v) is 9.69. The minimum atomic E-state index is -3.72. The van der Waals surface area contributed by atoms with E-state index >= 15 is 0 Å². The number of hydrogen-bond acceptors (Lipinski definition) is 3. The normalized spacial score (nSPS) is 20.7. The van der Waals surface area contributed by atoms with E-state index in [9.17, 15) is 8.42 Å². The molecule has 1 heterocycles. The van der Waals surface area contributed by atoms with Gasteiger partial charge in [0.25, 0.3) is 0 Å². The van der Waals surface area contributed by atoms with Crippen molar-refractivity contribution in [1.82, 2.24) is 9.62 Å². The van der Waals surface area contributed by atoms with Gasteiger partial charge in [0.15, 0.2) is 0 Å². The largest absolute Gasteiger partial charge is 0.302 e. The lowest BCUT2D eigenvalue weighted by Crippen LogP contribution is -2.44. The quantitative estimate of drug-likeness (QED) is 0.818. The monoisotopic (exact) mass is 414 g/mol. The lowest BCUT2D eigenvalue weighted by atomic mass is 10.0. The fraction of sp³-hybridized carbons (Fsp3) is 0.538. The van der Waals surface area contributed by atoms with Crippen molar-refractivity contribution in [3.05, 3.63) is 26.7 Å². The molecule has 1 aromatic carbocycles. The molecule has 0 aliphatic carbocycles. The summed E-state index contributed by atoms with van der Waals surface area (Å²) in [5.74, 6) is 0. The number of benzene rings is 1. The molecule has 1 fully saturated rings. The van der Waals surface area contributed by atoms with Gasteiger partial charge in [0, 0.05) is 17.1 Å². The average Bonchev–Trinajstić information content (AvgIpc) is 2.36. The van der Waals surface area contributed by atoms with Gasteiger partial charge >= 0.3 is 0 Å². The molecule has 1 aliphatic heterocycles. The minimum absolute atomic E-state index is 0.0625. The smallest absolute Gasteiger partial charge is 0.243 e. The fourth-order valence-electron chi connectivity index (χ4n) is 2.47. The second-order valence-electron chi connectivity index (χ2n) is 5.18. The second kappa shape index (κ2) is 7.15. The maximum atomic E-state index is 12.4. The van der Waals surface area contributed by atoms with Gasteiger partial charge in [-0.15, -0.1) is 0 Å². The number of nitrogens with one attached hydrogen (secondary N) is 1. The molecule has 0 spiro atoms. The zero-order valence-corrected chi connectivity index (χ0v) is 15.5. The Morgan fingerprint density at radius 1 is 1.33 bits per heavy atom. The molecule has 1 aliphatic rings. The van der Waals surface area contributed by atoms with E-state index < -0.39 is 10.0 Å². The number of likely N-dealkylation sites (N-methyl/N-ethyl adjacent to an activating group) is 1. The highest BCUT2D eigenvalue weighted by Crippen LogP contribution is 2.32. The Balaban J connectivity index is 2.15. The molecule has 1 N–H and O–H groups in total. The molecular weight excluding hydrogens is 399 g/mol. The minimum Gasteiger partial charge on any atom is -0.302 e. The lowest BCUT2D eigenvalue weighted by molar-refractivity contribution is 0.187. The summed E-state index contributed by atoms with van der Waals surface area (Å²) < 4.78 is 28.1. The Kier molecular flexibility index (Phi) is 5.96. The average molecular weight is 416 g/mol. The molecule has 0 amide bonds. The Morgan fingerprint density at radius 3 is 2.52 bits per heavy atom. The molecule has 118 valence electrons. The summed E-state index contributed by atoms with van der Waals surface area (Å²) in [5.41, 5.74) is 0. The van der Waals surface area contributed by atoms with Crippen LogP contribution in [0.3, 0.4) is 0 Å². The van der Waals surface area contributed by atoms with E-state index in [-0.39, 0.29) is 21.0 Å². The molecule has 0 radical (unpaired) electrons. The van der Waals surface area contributed by atoms with Crippen LogP contribution in [-0.4, -0.2) is 39.5 Å². The predicted octanol–water partition coefficient (Wildman–Crippen LogP) is 3.52. The van der Waals surface area contributed by atoms with Crippen molar-refractivity contribution in [3.63, 3.8) is 0 Å². The second-order valence-corrected chi connectivity index (χ2v) is 8.61. The van der Waals surface area contributed by atoms with Gasteiger partial charge in [0.05, 0.1) is 10.0 Å². The number of likely N-dealkylation sites (tertiary alicyclic amines) is 1. The van der Waals surface area contributed by atoms with Crippen LogP contribution in [-0.2, 0) is 10.0 Å². The zero-order valence-electron chi connectivity index (χ0n) is 11.6. The Labute approximate surface area is 144 Å². The third-order valence-corrected chi connectivity index (χ3v) is 6.46. The first-order valence-electron chi connectivity index (χ1n) is 6.65. The van der Waals surface area contributed by atoms with Crippen molar-refractivity contribution in [1.29, 1.82) is 0 Å². The standard InChI is InChI=1S/C13H17BrCl2N2O2S/c1-18-5-3-2-4-10(18)8-17-21(19,20)13-11(15)6-9(14)7-12(13)16/h6-7,10,17H,2-5,8H2,1H3. The highest BCUT2D eigenvalue weighted by Gasteiger charge is 2.25. The van der Waals surface area contributed by atoms with Crippen LogP contribution in [0.25, 0.3) is 0 Å². The van der Waals surface area contributed by atoms with Crippen molar-refractivity contribution < 1.29 is 8.42 Å². The van der Waals surface area contributed by atoms with Crippen LogP contribution in [0.15, 0.2) is 21.5 Å². The summed E-state index contributed by atoms with van der Waals surface area (Å²) in [6, 6.07) is 3.25. The van der Waals surface area contributed by atoms with Crippen molar-refractivity contribution in [2.75, 3.05) is 20.1 Å². The van der Waals surface area contributed by atoms with Crippen molar-refractivity contribution >= 4 is 49.2 Å². The molecule has 1 aromatic rings. The fourth-order valence-corrected chi connectivity index (χ4v) is 5.47. The molecule has 1 saturated heterocycles. The van der Waals surface area contributed by atoms with E-state index in [0.717, 1.165) is 25.8 Å². The van der Waals surface area contributed by atoms with Crippen molar-refractivity contribution in [2.45, 2.75) is 30.2 Å². The summed E-state index contributed by atoms with van der Waals surface area (Å²) in [5, 5.41) is 0.220. The molecule has 2 rings (SSSR count). The number of piperidine rings is 1. The van der Waals surface area contributed by atoms with E-state index in [1.807, 2.05) is 7.05 Å². The van der Waals surface area contributed by atoms with Gasteiger partial charge < -0.3 is 4.90 Å². The summed E-state index contributed by atoms with van der Waals surface area (Å²) in [4.78, 5) is 2.11. The van der Waals surface area contributed by atoms with Crippen LogP contribution in [0.2, 0.25) is 10.0 Å². The lowest BCUT2D eigenvalue weighted by Gasteiger charge is -2.32. The third kappa shape index (κ3) is 4.33. The van der Waals surface area contributed by atoms with Crippen LogP contribution in [0.4, 0.5) is 0 Å². The van der Waals surface area contributed by atoms with Crippen LogP contribution in [0, 0.1) is 0 Å². The number of rotatable bonds is 4. The van der Waals surface area contributed by atoms with Gasteiger partial charge in [-0.1, -0.05) is 45.6 Å². The van der Waals surface area contributed by atoms with Gasteiger partial charge in [-0.05, 0) is 38.6 Å². The number of halogens is 3. The van der Waals surface area contributed by atoms with Crippen LogP contribution in [0.1, 0.15) is 19.3 Å². The molecule has 1 atom stereocenters. The van der Waals surface area contributed by atoms with E-state index in [4.69, 9.17) is 23.2 Å². The molecule has 0 aromatic heterocycles. The van der Waals surface area contributed by atoms with E-state index in [2.05, 4.69) is 25.6 Å². The number of hydrogen-bond donors (Lipinski definition) is 1. The highest BCUT2D eigenvalue weighted by atomic mass is 79.9. The van der Waals surface area contributed by atoms with Gasteiger partial charge in [-0.25, -0.2) is 13.1 Å². The van der Waals surface area contributed by atoms with Crippen molar-refractivity contribution in [3.8, 4) is 0 Å². The van der Waals surface area contributed by atoms with Gasteiger partial charge in [-0.2, -0.15) is 0 Å². The SMILES string of the molecule is CN1CCCCC1CNS(=O)(=O)c1c(Cl)cc(Br)cc1Cl.